The molecule has 2 atom stereocenters. The normalized spacial score (nSPS) is 24.7. The molecule has 2 bridgehead atoms. The lowest BCUT2D eigenvalue weighted by Crippen LogP contribution is -2.63. The van der Waals surface area contributed by atoms with E-state index in [1.54, 1.807) is 6.07 Å². The smallest absolute Gasteiger partial charge is 0.308 e. The van der Waals surface area contributed by atoms with Crippen LogP contribution in [-0.2, 0) is 19.1 Å². The minimum Gasteiger partial charge on any atom is -0.308 e. The molecule has 3 aliphatic rings. The number of nitrogens with zero attached hydrogens (tertiary/aromatic N) is 1. The summed E-state index contributed by atoms with van der Waals surface area (Å²) >= 11 is 0. The molecule has 3 fully saturated rings. The summed E-state index contributed by atoms with van der Waals surface area (Å²) in [5.74, 6) is 0.643. The zero-order chi connectivity index (χ0) is 22.8. The molecule has 0 radical (unpaired) electrons. The second-order valence-electron chi connectivity index (χ2n) is 9.27. The number of halogens is 3. The summed E-state index contributed by atoms with van der Waals surface area (Å²) < 4.78 is 40.0. The fraction of sp³-hybridized carbons (Fsp3) is 0.357. The zero-order valence-corrected chi connectivity index (χ0v) is 18.6. The molecule has 6 rings (SSSR count). The van der Waals surface area contributed by atoms with Crippen molar-refractivity contribution in [3.63, 3.8) is 0 Å². The first-order valence-electron chi connectivity index (χ1n) is 11.8. The molecule has 5 heteroatoms. The third-order valence-electron chi connectivity index (χ3n) is 7.30. The summed E-state index contributed by atoms with van der Waals surface area (Å²) in [6.45, 7) is 3.04. The lowest BCUT2D eigenvalue weighted by atomic mass is 9.76. The highest BCUT2D eigenvalue weighted by Gasteiger charge is 2.42. The van der Waals surface area contributed by atoms with Gasteiger partial charge in [0.15, 0.2) is 0 Å². The molecule has 3 heterocycles. The van der Waals surface area contributed by atoms with Crippen molar-refractivity contribution < 1.29 is 13.2 Å². The van der Waals surface area contributed by atoms with Crippen LogP contribution in [0.2, 0.25) is 0 Å². The molecule has 172 valence electrons. The van der Waals surface area contributed by atoms with Gasteiger partial charge < -0.3 is 5.32 Å². The van der Waals surface area contributed by atoms with Crippen LogP contribution in [0.15, 0.2) is 78.9 Å². The summed E-state index contributed by atoms with van der Waals surface area (Å²) in [5.41, 5.74) is 3.31. The highest BCUT2D eigenvalue weighted by Crippen LogP contribution is 2.37. The molecule has 0 unspecified atom stereocenters. The zero-order valence-electron chi connectivity index (χ0n) is 18.6. The molecule has 3 aliphatic heterocycles. The lowest BCUT2D eigenvalue weighted by Gasteiger charge is -2.51. The Bertz CT molecular complexity index is 1070. The Balaban J connectivity index is 1.41. The molecule has 3 aromatic carbocycles. The number of rotatable bonds is 6. The van der Waals surface area contributed by atoms with Crippen molar-refractivity contribution in [2.75, 3.05) is 13.1 Å². The van der Waals surface area contributed by atoms with Gasteiger partial charge in [-0.3, -0.25) is 4.90 Å². The van der Waals surface area contributed by atoms with Crippen molar-refractivity contribution in [3.05, 3.63) is 95.6 Å². The third-order valence-corrected chi connectivity index (χ3v) is 7.30. The molecule has 0 spiro atoms. The minimum absolute atomic E-state index is 0.341. The van der Waals surface area contributed by atoms with Gasteiger partial charge in [-0.25, -0.2) is 0 Å². The largest absolute Gasteiger partial charge is 0.416 e. The van der Waals surface area contributed by atoms with Gasteiger partial charge in [0.1, 0.15) is 0 Å². The number of fused-ring (bicyclic) bond motifs is 3. The molecule has 33 heavy (non-hydrogen) atoms. The van der Waals surface area contributed by atoms with Crippen LogP contribution in [0.4, 0.5) is 13.2 Å². The molecule has 0 aromatic heterocycles. The molecule has 0 amide bonds. The van der Waals surface area contributed by atoms with Gasteiger partial charge in [0.25, 0.3) is 0 Å². The summed E-state index contributed by atoms with van der Waals surface area (Å²) in [6.07, 6.45) is -1.10. The number of nitrogens with one attached hydrogen (secondary N) is 1. The van der Waals surface area contributed by atoms with E-state index in [-0.39, 0.29) is 0 Å². The highest BCUT2D eigenvalue weighted by molar-refractivity contribution is 5.68. The van der Waals surface area contributed by atoms with Gasteiger partial charge in [0, 0.05) is 18.6 Å². The predicted molar refractivity (Wildman–Crippen MR) is 126 cm³/mol. The van der Waals surface area contributed by atoms with E-state index in [9.17, 15) is 13.2 Å². The molecule has 3 saturated heterocycles. The standard InChI is InChI=1S/C28H29F3N2/c29-28(30,31)24-11-6-10-22(17-24)25-12-5-4-9-23(25)18-26-27(21-13-15-33(26)16-14-21)32-19-20-7-2-1-3-8-20/h1-12,17,21,26-27,32H,13-16,18-19H2/t26-,27-/m1/s1. The quantitative estimate of drug-likeness (QED) is 0.483. The molecule has 2 nitrogen and oxygen atoms in total. The summed E-state index contributed by atoms with van der Waals surface area (Å²) in [4.78, 5) is 2.57. The van der Waals surface area contributed by atoms with Gasteiger partial charge >= 0.3 is 6.18 Å². The molecule has 0 saturated carbocycles. The van der Waals surface area contributed by atoms with Crippen LogP contribution in [-0.4, -0.2) is 30.1 Å². The Hall–Kier alpha value is -2.63. The van der Waals surface area contributed by atoms with Crippen LogP contribution in [0.3, 0.4) is 0 Å². The molecule has 0 aliphatic carbocycles. The second-order valence-corrected chi connectivity index (χ2v) is 9.27. The van der Waals surface area contributed by atoms with Gasteiger partial charge in [-0.15, -0.1) is 0 Å². The van der Waals surface area contributed by atoms with E-state index < -0.39 is 11.7 Å². The highest BCUT2D eigenvalue weighted by atomic mass is 19.4. The van der Waals surface area contributed by atoms with Gasteiger partial charge in [0.2, 0.25) is 0 Å². The Kier molecular flexibility index (Phi) is 6.26. The van der Waals surface area contributed by atoms with E-state index in [4.69, 9.17) is 0 Å². The van der Waals surface area contributed by atoms with Crippen LogP contribution < -0.4 is 5.32 Å². The molecular formula is C28H29F3N2. The molecular weight excluding hydrogens is 421 g/mol. The van der Waals surface area contributed by atoms with Crippen LogP contribution >= 0.6 is 0 Å². The number of piperidine rings is 3. The van der Waals surface area contributed by atoms with E-state index in [0.717, 1.165) is 43.2 Å². The van der Waals surface area contributed by atoms with E-state index in [1.165, 1.54) is 30.5 Å². The Morgan fingerprint density at radius 3 is 2.33 bits per heavy atom. The molecule has 3 aromatic rings. The first-order valence-corrected chi connectivity index (χ1v) is 11.8. The Labute approximate surface area is 193 Å². The van der Waals surface area contributed by atoms with Crippen molar-refractivity contribution in [3.8, 4) is 11.1 Å². The van der Waals surface area contributed by atoms with E-state index in [2.05, 4.69) is 40.5 Å². The van der Waals surface area contributed by atoms with Gasteiger partial charge in [-0.2, -0.15) is 13.2 Å². The molecule has 1 N–H and O–H groups in total. The van der Waals surface area contributed by atoms with E-state index in [1.807, 2.05) is 24.3 Å². The number of hydrogen-bond acceptors (Lipinski definition) is 2. The summed E-state index contributed by atoms with van der Waals surface area (Å²) in [6, 6.07) is 24.8. The van der Waals surface area contributed by atoms with E-state index in [0.29, 0.717) is 23.6 Å². The topological polar surface area (TPSA) is 15.3 Å². The maximum Gasteiger partial charge on any atom is 0.416 e. The van der Waals surface area contributed by atoms with Gasteiger partial charge in [0.05, 0.1) is 5.56 Å². The summed E-state index contributed by atoms with van der Waals surface area (Å²) in [5, 5.41) is 3.84. The predicted octanol–water partition coefficient (Wildman–Crippen LogP) is 6.17. The Morgan fingerprint density at radius 1 is 0.848 bits per heavy atom. The third kappa shape index (κ3) is 4.85. The first-order chi connectivity index (χ1) is 16.0. The monoisotopic (exact) mass is 450 g/mol. The van der Waals surface area contributed by atoms with Crippen LogP contribution in [0.25, 0.3) is 11.1 Å². The van der Waals surface area contributed by atoms with Gasteiger partial charge in [-0.05, 0) is 72.7 Å². The number of alkyl halides is 3. The number of benzene rings is 3. The minimum atomic E-state index is -4.34. The maximum absolute atomic E-state index is 13.3. The Morgan fingerprint density at radius 2 is 1.58 bits per heavy atom. The average molecular weight is 451 g/mol. The fourth-order valence-electron chi connectivity index (χ4n) is 5.61. The van der Waals surface area contributed by atoms with Crippen molar-refractivity contribution in [2.24, 2.45) is 5.92 Å². The first kappa shape index (κ1) is 22.2. The van der Waals surface area contributed by atoms with Crippen LogP contribution in [0, 0.1) is 5.92 Å². The van der Waals surface area contributed by atoms with Crippen molar-refractivity contribution >= 4 is 0 Å². The van der Waals surface area contributed by atoms with Gasteiger partial charge in [-0.1, -0.05) is 66.7 Å². The van der Waals surface area contributed by atoms with E-state index >= 15 is 0 Å². The number of hydrogen-bond donors (Lipinski definition) is 1. The van der Waals surface area contributed by atoms with Crippen LogP contribution in [0.5, 0.6) is 0 Å². The second kappa shape index (κ2) is 9.32. The lowest BCUT2D eigenvalue weighted by molar-refractivity contribution is -0.137. The summed E-state index contributed by atoms with van der Waals surface area (Å²) in [7, 11) is 0. The maximum atomic E-state index is 13.3. The fourth-order valence-corrected chi connectivity index (χ4v) is 5.61. The van der Waals surface area contributed by atoms with Crippen molar-refractivity contribution in [1.82, 2.24) is 10.2 Å². The SMILES string of the molecule is FC(F)(F)c1cccc(-c2ccccc2C[C@@H]2[C@H](NCc3ccccc3)C3CCN2CC3)c1. The average Bonchev–Trinajstić information content (AvgIpc) is 2.84. The van der Waals surface area contributed by atoms with Crippen LogP contribution in [0.1, 0.15) is 29.5 Å². The van der Waals surface area contributed by atoms with Crippen molar-refractivity contribution in [1.29, 1.82) is 0 Å². The van der Waals surface area contributed by atoms with Crippen molar-refractivity contribution in [2.45, 2.75) is 44.1 Å².